The number of nitrogens with zero attached hydrogens (tertiary/aromatic N) is 4. The van der Waals surface area contributed by atoms with E-state index >= 15 is 0 Å². The van der Waals surface area contributed by atoms with Crippen molar-refractivity contribution >= 4 is 53.9 Å². The molecule has 0 aliphatic heterocycles. The predicted molar refractivity (Wildman–Crippen MR) is 146 cm³/mol. The highest BCUT2D eigenvalue weighted by Crippen LogP contribution is 2.20. The van der Waals surface area contributed by atoms with Gasteiger partial charge in [-0.25, -0.2) is 9.79 Å². The average Bonchev–Trinajstić information content (AvgIpc) is 2.91. The lowest BCUT2D eigenvalue weighted by Gasteiger charge is -2.19. The van der Waals surface area contributed by atoms with Crippen LogP contribution in [0.1, 0.15) is 29.6 Å². The van der Waals surface area contributed by atoms with Crippen LogP contribution in [0.5, 0.6) is 0 Å². The molecule has 204 valence electrons. The molecule has 1 aromatic heterocycles. The number of anilines is 2. The fourth-order valence-electron chi connectivity index (χ4n) is 3.31. The molecule has 2 amide bonds. The Morgan fingerprint density at radius 2 is 2.00 bits per heavy atom. The second-order valence-corrected chi connectivity index (χ2v) is 8.08. The second-order valence-electron chi connectivity index (χ2n) is 8.08. The van der Waals surface area contributed by atoms with Crippen LogP contribution in [0.25, 0.3) is 0 Å². The van der Waals surface area contributed by atoms with Gasteiger partial charge in [0.25, 0.3) is 11.5 Å². The molecule has 14 nitrogen and oxygen atoms in total. The number of aromatic nitrogens is 2. The van der Waals surface area contributed by atoms with Crippen molar-refractivity contribution in [1.29, 1.82) is 0 Å². The zero-order valence-electron chi connectivity index (χ0n) is 21.4. The van der Waals surface area contributed by atoms with Crippen molar-refractivity contribution in [3.8, 4) is 0 Å². The number of esters is 1. The highest BCUT2D eigenvalue weighted by molar-refractivity contribution is 5.97. The van der Waals surface area contributed by atoms with Crippen LogP contribution in [-0.4, -0.2) is 80.5 Å². The highest BCUT2D eigenvalue weighted by atomic mass is 16.5. The number of aromatic amines is 1. The standard InChI is InChI=1S/C24H33N9O5/c1-27-19-20(31-24(26)32-22(19)36)29-12-4-14-33(2)16-7-5-15(6-8-16)21(35)30-17(23(37)38-3)9-10-18(34)28-13-11-25/h5-8,12,17H,1,4,9-11,13-14,25H2,2-3H3,(H,28,34)(H,30,35)(H3,26,31,32,36)/b29-12-. The summed E-state index contributed by atoms with van der Waals surface area (Å²) in [4.78, 5) is 64.5. The van der Waals surface area contributed by atoms with Gasteiger partial charge in [-0.3, -0.25) is 24.4 Å². The van der Waals surface area contributed by atoms with Gasteiger partial charge in [-0.15, -0.1) is 0 Å². The first-order valence-corrected chi connectivity index (χ1v) is 11.8. The molecule has 0 fully saturated rings. The topological polar surface area (TPSA) is 210 Å². The second kappa shape index (κ2) is 14.8. The number of H-pyrrole nitrogens is 1. The molecule has 0 bridgehead atoms. The average molecular weight is 528 g/mol. The summed E-state index contributed by atoms with van der Waals surface area (Å²) >= 11 is 0. The minimum Gasteiger partial charge on any atom is -0.467 e. The number of hydrogen-bond donors (Lipinski definition) is 5. The molecule has 1 aromatic carbocycles. The number of ether oxygens (including phenoxy) is 1. The van der Waals surface area contributed by atoms with Crippen LogP contribution < -0.4 is 32.6 Å². The van der Waals surface area contributed by atoms with E-state index in [9.17, 15) is 19.2 Å². The van der Waals surface area contributed by atoms with E-state index in [0.29, 0.717) is 31.6 Å². The largest absolute Gasteiger partial charge is 0.467 e. The number of carbonyl (C=O) groups excluding carboxylic acids is 3. The van der Waals surface area contributed by atoms with E-state index in [0.717, 1.165) is 5.69 Å². The fourth-order valence-corrected chi connectivity index (χ4v) is 3.31. The van der Waals surface area contributed by atoms with Crippen molar-refractivity contribution < 1.29 is 19.1 Å². The monoisotopic (exact) mass is 527 g/mol. The minimum absolute atomic E-state index is 0.0121. The van der Waals surface area contributed by atoms with Gasteiger partial charge in [0.2, 0.25) is 11.9 Å². The molecule has 0 saturated carbocycles. The summed E-state index contributed by atoms with van der Waals surface area (Å²) in [5.74, 6) is -1.37. The van der Waals surface area contributed by atoms with Gasteiger partial charge in [0.1, 0.15) is 6.04 Å². The molecular formula is C24H33N9O5. The first-order chi connectivity index (χ1) is 18.2. The van der Waals surface area contributed by atoms with Crippen molar-refractivity contribution in [3.63, 3.8) is 0 Å². The molecule has 0 radical (unpaired) electrons. The lowest BCUT2D eigenvalue weighted by Crippen LogP contribution is -2.42. The van der Waals surface area contributed by atoms with Crippen LogP contribution in [-0.2, 0) is 14.3 Å². The third-order valence-electron chi connectivity index (χ3n) is 5.35. The molecule has 1 atom stereocenters. The van der Waals surface area contributed by atoms with Gasteiger partial charge in [0, 0.05) is 57.0 Å². The Kier molecular flexibility index (Phi) is 11.6. The van der Waals surface area contributed by atoms with Crippen LogP contribution >= 0.6 is 0 Å². The molecule has 14 heteroatoms. The van der Waals surface area contributed by atoms with E-state index < -0.39 is 23.5 Å². The molecule has 2 rings (SSSR count). The summed E-state index contributed by atoms with van der Waals surface area (Å²) in [6, 6.07) is 5.81. The Morgan fingerprint density at radius 1 is 1.29 bits per heavy atom. The number of hydrogen-bond acceptors (Lipinski definition) is 11. The van der Waals surface area contributed by atoms with E-state index in [-0.39, 0.29) is 36.2 Å². The Labute approximate surface area is 219 Å². The van der Waals surface area contributed by atoms with Crippen molar-refractivity contribution in [1.82, 2.24) is 20.6 Å². The summed E-state index contributed by atoms with van der Waals surface area (Å²) in [5.41, 5.74) is 11.6. The summed E-state index contributed by atoms with van der Waals surface area (Å²) in [6.07, 6.45) is 2.23. The maximum Gasteiger partial charge on any atom is 0.328 e. The SMILES string of the molecule is C=Nc1c(/N=C\CCN(C)c2ccc(C(=O)NC(CCC(=O)NCCN)C(=O)OC)cc2)nc(N)[nH]c1=O. The zero-order valence-corrected chi connectivity index (χ0v) is 21.4. The number of methoxy groups -OCH3 is 1. The molecule has 0 aliphatic rings. The smallest absolute Gasteiger partial charge is 0.328 e. The predicted octanol–water partition coefficient (Wildman–Crippen LogP) is 0.0395. The van der Waals surface area contributed by atoms with E-state index in [1.807, 2.05) is 11.9 Å². The quantitative estimate of drug-likeness (QED) is 0.165. The highest BCUT2D eigenvalue weighted by Gasteiger charge is 2.23. The zero-order chi connectivity index (χ0) is 28.1. The van der Waals surface area contributed by atoms with E-state index in [1.54, 1.807) is 30.5 Å². The van der Waals surface area contributed by atoms with Gasteiger partial charge in [0.05, 0.1) is 7.11 Å². The number of nitrogens with two attached hydrogens (primary N) is 2. The lowest BCUT2D eigenvalue weighted by molar-refractivity contribution is -0.143. The summed E-state index contributed by atoms with van der Waals surface area (Å²) in [6.45, 7) is 4.55. The molecule has 2 aromatic rings. The van der Waals surface area contributed by atoms with Gasteiger partial charge in [-0.2, -0.15) is 4.98 Å². The normalized spacial score (nSPS) is 11.6. The first kappa shape index (κ1) is 29.6. The number of rotatable bonds is 14. The van der Waals surface area contributed by atoms with Gasteiger partial charge in [-0.05, 0) is 37.4 Å². The maximum absolute atomic E-state index is 12.7. The number of carbonyl (C=O) groups is 3. The summed E-state index contributed by atoms with van der Waals surface area (Å²) < 4.78 is 4.75. The third-order valence-corrected chi connectivity index (χ3v) is 5.35. The van der Waals surface area contributed by atoms with Gasteiger partial charge >= 0.3 is 5.97 Å². The molecule has 0 aliphatic carbocycles. The summed E-state index contributed by atoms with van der Waals surface area (Å²) in [7, 11) is 3.08. The summed E-state index contributed by atoms with van der Waals surface area (Å²) in [5, 5.41) is 5.23. The molecule has 38 heavy (non-hydrogen) atoms. The number of nitrogens with one attached hydrogen (secondary N) is 3. The number of amides is 2. The van der Waals surface area contributed by atoms with Crippen molar-refractivity contribution in [2.45, 2.75) is 25.3 Å². The van der Waals surface area contributed by atoms with Gasteiger partial charge in [-0.1, -0.05) is 0 Å². The molecule has 7 N–H and O–H groups in total. The van der Waals surface area contributed by atoms with Crippen LogP contribution in [0.4, 0.5) is 23.1 Å². The van der Waals surface area contributed by atoms with E-state index in [1.165, 1.54) is 7.11 Å². The van der Waals surface area contributed by atoms with Crippen molar-refractivity contribution in [2.24, 2.45) is 15.7 Å². The Bertz CT molecular complexity index is 1210. The number of benzene rings is 1. The Hall–Kier alpha value is -4.59. The maximum atomic E-state index is 12.7. The fraction of sp³-hybridized carbons (Fsp3) is 0.375. The lowest BCUT2D eigenvalue weighted by atomic mass is 10.1. The van der Waals surface area contributed by atoms with Crippen LogP contribution in [0.2, 0.25) is 0 Å². The van der Waals surface area contributed by atoms with Crippen LogP contribution in [0.3, 0.4) is 0 Å². The van der Waals surface area contributed by atoms with Crippen molar-refractivity contribution in [2.75, 3.05) is 44.4 Å². The van der Waals surface area contributed by atoms with E-state index in [4.69, 9.17) is 16.2 Å². The van der Waals surface area contributed by atoms with Gasteiger partial charge in [0.15, 0.2) is 11.5 Å². The van der Waals surface area contributed by atoms with Crippen LogP contribution in [0, 0.1) is 0 Å². The third kappa shape index (κ3) is 8.81. The first-order valence-electron chi connectivity index (χ1n) is 11.8. The van der Waals surface area contributed by atoms with Gasteiger partial charge < -0.3 is 31.7 Å². The van der Waals surface area contributed by atoms with E-state index in [2.05, 4.69) is 37.3 Å². The molecule has 1 heterocycles. The Morgan fingerprint density at radius 3 is 2.63 bits per heavy atom. The number of aliphatic imine (C=N–C) groups is 2. The molecule has 0 spiro atoms. The van der Waals surface area contributed by atoms with Crippen LogP contribution in [0.15, 0.2) is 39.0 Å². The van der Waals surface area contributed by atoms with Crippen molar-refractivity contribution in [3.05, 3.63) is 40.2 Å². The minimum atomic E-state index is -0.973. The number of nitrogen functional groups attached to an aromatic ring is 1. The molecule has 1 unspecified atom stereocenters. The molecule has 0 saturated heterocycles. The Balaban J connectivity index is 1.94. The molecular weight excluding hydrogens is 494 g/mol.